The SMILES string of the molecule is Cc1[c]c(F)c(F)c(-c2ccc3c[c]c(F)c(F)c3c2F)c1. The Morgan fingerprint density at radius 3 is 2.27 bits per heavy atom. The van der Waals surface area contributed by atoms with E-state index in [-0.39, 0.29) is 22.1 Å². The highest BCUT2D eigenvalue weighted by atomic mass is 19.2. The lowest BCUT2D eigenvalue weighted by atomic mass is 9.98. The van der Waals surface area contributed by atoms with Gasteiger partial charge < -0.3 is 0 Å². The maximum Gasteiger partial charge on any atom is 0.170 e. The van der Waals surface area contributed by atoms with E-state index >= 15 is 0 Å². The van der Waals surface area contributed by atoms with E-state index in [1.54, 1.807) is 0 Å². The molecule has 0 fully saturated rings. The molecule has 0 spiro atoms. The third-order valence-electron chi connectivity index (χ3n) is 3.33. The van der Waals surface area contributed by atoms with Crippen molar-refractivity contribution < 1.29 is 22.0 Å². The molecule has 0 amide bonds. The number of rotatable bonds is 1. The normalized spacial score (nSPS) is 11.2. The molecule has 0 aliphatic heterocycles. The van der Waals surface area contributed by atoms with Gasteiger partial charge in [-0.2, -0.15) is 0 Å². The molecule has 0 aromatic heterocycles. The third-order valence-corrected chi connectivity index (χ3v) is 3.33. The van der Waals surface area contributed by atoms with Crippen LogP contribution in [-0.4, -0.2) is 0 Å². The maximum absolute atomic E-state index is 14.5. The second-order valence-electron chi connectivity index (χ2n) is 4.80. The number of halogens is 5. The summed E-state index contributed by atoms with van der Waals surface area (Å²) in [4.78, 5) is 0. The Morgan fingerprint density at radius 1 is 0.818 bits per heavy atom. The first-order valence-electron chi connectivity index (χ1n) is 6.26. The number of hydrogen-bond acceptors (Lipinski definition) is 0. The van der Waals surface area contributed by atoms with E-state index in [0.29, 0.717) is 0 Å². The molecule has 110 valence electrons. The van der Waals surface area contributed by atoms with Crippen molar-refractivity contribution in [3.63, 3.8) is 0 Å². The molecule has 0 nitrogen and oxygen atoms in total. The summed E-state index contributed by atoms with van der Waals surface area (Å²) in [6.07, 6.45) is 0. The predicted octanol–water partition coefficient (Wildman–Crippen LogP) is 5.11. The van der Waals surface area contributed by atoms with Crippen molar-refractivity contribution in [2.24, 2.45) is 0 Å². The molecule has 0 aliphatic rings. The molecule has 22 heavy (non-hydrogen) atoms. The lowest BCUT2D eigenvalue weighted by Gasteiger charge is -2.10. The van der Waals surface area contributed by atoms with Crippen molar-refractivity contribution in [1.29, 1.82) is 0 Å². The van der Waals surface area contributed by atoms with Gasteiger partial charge in [-0.1, -0.05) is 12.1 Å². The van der Waals surface area contributed by atoms with Gasteiger partial charge in [0.2, 0.25) is 0 Å². The van der Waals surface area contributed by atoms with Crippen molar-refractivity contribution in [2.45, 2.75) is 6.92 Å². The highest BCUT2D eigenvalue weighted by Gasteiger charge is 2.19. The number of aryl methyl sites for hydroxylation is 1. The van der Waals surface area contributed by atoms with Crippen LogP contribution in [0.1, 0.15) is 5.56 Å². The van der Waals surface area contributed by atoms with Crippen LogP contribution in [-0.2, 0) is 0 Å². The summed E-state index contributed by atoms with van der Waals surface area (Å²) >= 11 is 0. The van der Waals surface area contributed by atoms with E-state index in [1.807, 2.05) is 6.07 Å². The van der Waals surface area contributed by atoms with Crippen molar-refractivity contribution in [3.8, 4) is 11.1 Å². The Bertz CT molecular complexity index is 899. The number of hydrogen-bond donors (Lipinski definition) is 0. The van der Waals surface area contributed by atoms with Crippen LogP contribution in [0, 0.1) is 48.1 Å². The van der Waals surface area contributed by atoms with Crippen LogP contribution in [0.2, 0.25) is 0 Å². The molecule has 0 bridgehead atoms. The van der Waals surface area contributed by atoms with E-state index in [1.165, 1.54) is 25.1 Å². The maximum atomic E-state index is 14.5. The Kier molecular flexibility index (Phi) is 3.35. The van der Waals surface area contributed by atoms with E-state index in [0.717, 1.165) is 6.07 Å². The minimum atomic E-state index is -1.42. The van der Waals surface area contributed by atoms with Gasteiger partial charge in [0.05, 0.1) is 5.39 Å². The van der Waals surface area contributed by atoms with Crippen molar-refractivity contribution in [2.75, 3.05) is 0 Å². The van der Waals surface area contributed by atoms with E-state index < -0.39 is 34.5 Å². The van der Waals surface area contributed by atoms with Crippen LogP contribution in [0.4, 0.5) is 22.0 Å². The summed E-state index contributed by atoms with van der Waals surface area (Å²) in [6.45, 7) is 1.46. The van der Waals surface area contributed by atoms with Crippen molar-refractivity contribution in [1.82, 2.24) is 0 Å². The minimum Gasteiger partial charge on any atom is -0.206 e. The molecule has 0 N–H and O–H groups in total. The molecule has 5 heteroatoms. The van der Waals surface area contributed by atoms with Crippen LogP contribution in [0.15, 0.2) is 24.3 Å². The summed E-state index contributed by atoms with van der Waals surface area (Å²) < 4.78 is 68.8. The van der Waals surface area contributed by atoms with Crippen LogP contribution >= 0.6 is 0 Å². The van der Waals surface area contributed by atoms with Gasteiger partial charge in [0, 0.05) is 23.3 Å². The highest BCUT2D eigenvalue weighted by molar-refractivity contribution is 5.89. The Balaban J connectivity index is 2.38. The Hall–Kier alpha value is -2.43. The number of benzene rings is 3. The van der Waals surface area contributed by atoms with Gasteiger partial charge in [0.1, 0.15) is 5.82 Å². The lowest BCUT2D eigenvalue weighted by molar-refractivity contribution is 0.506. The first-order valence-corrected chi connectivity index (χ1v) is 6.26. The number of fused-ring (bicyclic) bond motifs is 1. The molecule has 3 aromatic rings. The standard InChI is InChI=1S/C17H7F5/c1-8-6-11(15(20)13(19)7-8)10-4-2-9-3-5-12(18)17(22)14(9)16(10)21/h2-4,6H,1H3. The first-order chi connectivity index (χ1) is 10.4. The van der Waals surface area contributed by atoms with Gasteiger partial charge in [-0.05, 0) is 30.0 Å². The minimum absolute atomic E-state index is 0.0697. The van der Waals surface area contributed by atoms with Crippen LogP contribution in [0.3, 0.4) is 0 Å². The average Bonchev–Trinajstić information content (AvgIpc) is 2.47. The highest BCUT2D eigenvalue weighted by Crippen LogP contribution is 2.33. The van der Waals surface area contributed by atoms with Gasteiger partial charge in [0.15, 0.2) is 23.3 Å². The van der Waals surface area contributed by atoms with Gasteiger partial charge in [-0.15, -0.1) is 0 Å². The molecule has 2 radical (unpaired) electrons. The Morgan fingerprint density at radius 2 is 1.55 bits per heavy atom. The zero-order valence-electron chi connectivity index (χ0n) is 11.2. The predicted molar refractivity (Wildman–Crippen MR) is 71.6 cm³/mol. The molecule has 3 aromatic carbocycles. The van der Waals surface area contributed by atoms with E-state index in [2.05, 4.69) is 6.07 Å². The molecule has 0 saturated carbocycles. The summed E-state index contributed by atoms with van der Waals surface area (Å²) in [6, 6.07) is 8.87. The fraction of sp³-hybridized carbons (Fsp3) is 0.0588. The molecule has 3 rings (SSSR count). The third kappa shape index (κ3) is 2.13. The lowest BCUT2D eigenvalue weighted by Crippen LogP contribution is -1.97. The molecule has 0 heterocycles. The molecule has 0 atom stereocenters. The second kappa shape index (κ2) is 5.09. The Labute approximate surface area is 122 Å². The largest absolute Gasteiger partial charge is 0.206 e. The molecule has 0 unspecified atom stereocenters. The summed E-state index contributed by atoms with van der Waals surface area (Å²) in [7, 11) is 0. The molecule has 0 saturated heterocycles. The molecular formula is C17H7F5. The molecular weight excluding hydrogens is 299 g/mol. The summed E-state index contributed by atoms with van der Waals surface area (Å²) in [5, 5.41) is -0.556. The van der Waals surface area contributed by atoms with Gasteiger partial charge in [-0.25, -0.2) is 22.0 Å². The second-order valence-corrected chi connectivity index (χ2v) is 4.80. The van der Waals surface area contributed by atoms with E-state index in [9.17, 15) is 22.0 Å². The topological polar surface area (TPSA) is 0 Å². The van der Waals surface area contributed by atoms with Gasteiger partial charge >= 0.3 is 0 Å². The fourth-order valence-corrected chi connectivity index (χ4v) is 2.31. The fourth-order valence-electron chi connectivity index (χ4n) is 2.31. The molecule has 0 aliphatic carbocycles. The van der Waals surface area contributed by atoms with Crippen molar-refractivity contribution >= 4 is 10.8 Å². The monoisotopic (exact) mass is 306 g/mol. The van der Waals surface area contributed by atoms with Gasteiger partial charge in [0.25, 0.3) is 0 Å². The smallest absolute Gasteiger partial charge is 0.170 e. The van der Waals surface area contributed by atoms with Crippen LogP contribution in [0.25, 0.3) is 21.9 Å². The zero-order chi connectivity index (χ0) is 16.0. The van der Waals surface area contributed by atoms with Crippen LogP contribution < -0.4 is 0 Å². The summed E-state index contributed by atoms with van der Waals surface area (Å²) in [5.41, 5.74) is -0.479. The zero-order valence-corrected chi connectivity index (χ0v) is 11.2. The van der Waals surface area contributed by atoms with Gasteiger partial charge in [-0.3, -0.25) is 0 Å². The quantitative estimate of drug-likeness (QED) is 0.548. The van der Waals surface area contributed by atoms with Crippen molar-refractivity contribution in [3.05, 3.63) is 71.0 Å². The van der Waals surface area contributed by atoms with E-state index in [4.69, 9.17) is 0 Å². The average molecular weight is 306 g/mol. The first kappa shape index (κ1) is 14.5. The summed E-state index contributed by atoms with van der Waals surface area (Å²) in [5.74, 6) is -6.48. The van der Waals surface area contributed by atoms with Crippen LogP contribution in [0.5, 0.6) is 0 Å².